The topological polar surface area (TPSA) is 64.1 Å². The predicted molar refractivity (Wildman–Crippen MR) is 101 cm³/mol. The van der Waals surface area contributed by atoms with Crippen molar-refractivity contribution < 1.29 is 9.53 Å². The number of ether oxygens (including phenoxy) is 1. The molecule has 2 aromatic carbocycles. The van der Waals surface area contributed by atoms with Gasteiger partial charge in [0.25, 0.3) is 5.91 Å². The van der Waals surface area contributed by atoms with Gasteiger partial charge in [-0.15, -0.1) is 0 Å². The van der Waals surface area contributed by atoms with E-state index in [0.29, 0.717) is 10.8 Å². The Hall–Kier alpha value is -2.99. The number of pyridine rings is 1. The van der Waals surface area contributed by atoms with Gasteiger partial charge in [-0.1, -0.05) is 29.5 Å². The van der Waals surface area contributed by atoms with Crippen molar-refractivity contribution in [2.24, 2.45) is 0 Å². The molecule has 0 spiro atoms. The molecule has 0 saturated carbocycles. The van der Waals surface area contributed by atoms with E-state index < -0.39 is 0 Å². The monoisotopic (exact) mass is 349 g/mol. The van der Waals surface area contributed by atoms with Gasteiger partial charge in [0, 0.05) is 5.39 Å². The molecule has 0 unspecified atom stereocenters. The Bertz CT molecular complexity index is 1100. The first kappa shape index (κ1) is 15.5. The molecule has 0 radical (unpaired) electrons. The number of nitrogens with zero attached hydrogens (tertiary/aromatic N) is 2. The van der Waals surface area contributed by atoms with Gasteiger partial charge in [-0.05, 0) is 42.8 Å². The molecule has 0 aliphatic heterocycles. The van der Waals surface area contributed by atoms with Gasteiger partial charge >= 0.3 is 0 Å². The lowest BCUT2D eigenvalue weighted by Crippen LogP contribution is -2.13. The fourth-order valence-electron chi connectivity index (χ4n) is 2.66. The molecule has 0 aliphatic carbocycles. The van der Waals surface area contributed by atoms with Crippen molar-refractivity contribution in [3.05, 3.63) is 59.8 Å². The van der Waals surface area contributed by atoms with Crippen molar-refractivity contribution in [1.29, 1.82) is 0 Å². The number of benzene rings is 2. The molecule has 25 heavy (non-hydrogen) atoms. The molecule has 2 heterocycles. The number of thiazole rings is 1. The summed E-state index contributed by atoms with van der Waals surface area (Å²) in [5.74, 6) is 0.491. The molecule has 0 atom stereocenters. The summed E-state index contributed by atoms with van der Waals surface area (Å²) in [6, 6.07) is 15.1. The van der Waals surface area contributed by atoms with Crippen LogP contribution in [0.5, 0.6) is 5.75 Å². The van der Waals surface area contributed by atoms with Crippen LogP contribution >= 0.6 is 11.3 Å². The van der Waals surface area contributed by atoms with Crippen molar-refractivity contribution in [1.82, 2.24) is 9.97 Å². The first-order chi connectivity index (χ1) is 12.1. The minimum Gasteiger partial charge on any atom is -0.497 e. The number of anilines is 1. The SMILES string of the molecule is COc1ccc2nc(C(=O)Nc3nc4c(C)cccc4s3)ccc2c1. The van der Waals surface area contributed by atoms with E-state index in [1.165, 1.54) is 11.3 Å². The number of amides is 1. The Balaban J connectivity index is 1.63. The summed E-state index contributed by atoms with van der Waals surface area (Å²) in [6.07, 6.45) is 0. The molecular weight excluding hydrogens is 334 g/mol. The number of carbonyl (C=O) groups is 1. The van der Waals surface area contributed by atoms with E-state index in [4.69, 9.17) is 4.74 Å². The van der Waals surface area contributed by atoms with Gasteiger partial charge in [0.15, 0.2) is 5.13 Å². The molecular formula is C19H15N3O2S. The van der Waals surface area contributed by atoms with Gasteiger partial charge in [-0.25, -0.2) is 9.97 Å². The highest BCUT2D eigenvalue weighted by Crippen LogP contribution is 2.28. The number of hydrogen-bond donors (Lipinski definition) is 1. The van der Waals surface area contributed by atoms with Crippen LogP contribution in [0.3, 0.4) is 0 Å². The summed E-state index contributed by atoms with van der Waals surface area (Å²) < 4.78 is 6.25. The lowest BCUT2D eigenvalue weighted by Gasteiger charge is -2.05. The Kier molecular flexibility index (Phi) is 3.82. The average molecular weight is 349 g/mol. The zero-order valence-electron chi connectivity index (χ0n) is 13.7. The highest BCUT2D eigenvalue weighted by molar-refractivity contribution is 7.22. The van der Waals surface area contributed by atoms with E-state index in [1.54, 1.807) is 13.2 Å². The maximum atomic E-state index is 12.5. The second kappa shape index (κ2) is 6.14. The molecule has 4 aromatic rings. The Morgan fingerprint density at radius 1 is 1.12 bits per heavy atom. The zero-order chi connectivity index (χ0) is 17.4. The minimum absolute atomic E-state index is 0.269. The standard InChI is InChI=1S/C19H15N3O2S/c1-11-4-3-5-16-17(11)21-19(25-16)22-18(23)15-8-6-12-10-13(24-2)7-9-14(12)20-15/h3-10H,1-2H3,(H,21,22,23). The molecule has 6 heteroatoms. The maximum Gasteiger partial charge on any atom is 0.276 e. The minimum atomic E-state index is -0.269. The fourth-order valence-corrected chi connectivity index (χ4v) is 3.60. The molecule has 0 fully saturated rings. The summed E-state index contributed by atoms with van der Waals surface area (Å²) in [5, 5.41) is 4.34. The first-order valence-corrected chi connectivity index (χ1v) is 8.58. The van der Waals surface area contributed by atoms with E-state index in [-0.39, 0.29) is 5.91 Å². The number of para-hydroxylation sites is 1. The van der Waals surface area contributed by atoms with Crippen LogP contribution in [-0.4, -0.2) is 23.0 Å². The van der Waals surface area contributed by atoms with E-state index in [1.807, 2.05) is 49.4 Å². The smallest absolute Gasteiger partial charge is 0.276 e. The van der Waals surface area contributed by atoms with E-state index >= 15 is 0 Å². The summed E-state index contributed by atoms with van der Waals surface area (Å²) in [6.45, 7) is 2.01. The second-order valence-electron chi connectivity index (χ2n) is 5.65. The number of rotatable bonds is 3. The Morgan fingerprint density at radius 2 is 2.00 bits per heavy atom. The number of methoxy groups -OCH3 is 1. The quantitative estimate of drug-likeness (QED) is 0.595. The highest BCUT2D eigenvalue weighted by atomic mass is 32.1. The summed E-state index contributed by atoms with van der Waals surface area (Å²) in [4.78, 5) is 21.4. The number of carbonyl (C=O) groups excluding carboxylic acids is 1. The van der Waals surface area contributed by atoms with Gasteiger partial charge < -0.3 is 4.74 Å². The normalized spacial score (nSPS) is 11.0. The molecule has 124 valence electrons. The van der Waals surface area contributed by atoms with Crippen molar-refractivity contribution in [2.75, 3.05) is 12.4 Å². The van der Waals surface area contributed by atoms with Crippen molar-refractivity contribution >= 4 is 43.5 Å². The van der Waals surface area contributed by atoms with Gasteiger partial charge in [0.2, 0.25) is 0 Å². The predicted octanol–water partition coefficient (Wildman–Crippen LogP) is 4.41. The Morgan fingerprint density at radius 3 is 2.80 bits per heavy atom. The molecule has 0 saturated heterocycles. The van der Waals surface area contributed by atoms with E-state index in [0.717, 1.165) is 32.4 Å². The third kappa shape index (κ3) is 2.92. The van der Waals surface area contributed by atoms with Gasteiger partial charge in [-0.2, -0.15) is 0 Å². The van der Waals surface area contributed by atoms with E-state index in [9.17, 15) is 4.79 Å². The molecule has 4 rings (SSSR count). The largest absolute Gasteiger partial charge is 0.497 e. The highest BCUT2D eigenvalue weighted by Gasteiger charge is 2.12. The number of aromatic nitrogens is 2. The lowest BCUT2D eigenvalue weighted by molar-refractivity contribution is 0.102. The second-order valence-corrected chi connectivity index (χ2v) is 6.68. The van der Waals surface area contributed by atoms with Gasteiger partial charge in [-0.3, -0.25) is 10.1 Å². The van der Waals surface area contributed by atoms with Crippen molar-refractivity contribution in [2.45, 2.75) is 6.92 Å². The van der Waals surface area contributed by atoms with E-state index in [2.05, 4.69) is 15.3 Å². The van der Waals surface area contributed by atoms with Gasteiger partial charge in [0.05, 0.1) is 22.8 Å². The summed E-state index contributed by atoms with van der Waals surface area (Å²) >= 11 is 1.46. The van der Waals surface area contributed by atoms with Crippen LogP contribution in [0, 0.1) is 6.92 Å². The van der Waals surface area contributed by atoms with Crippen LogP contribution in [0.2, 0.25) is 0 Å². The molecule has 5 nitrogen and oxygen atoms in total. The molecule has 0 bridgehead atoms. The molecule has 2 aromatic heterocycles. The number of hydrogen-bond acceptors (Lipinski definition) is 5. The van der Waals surface area contributed by atoms with Crippen LogP contribution < -0.4 is 10.1 Å². The summed E-state index contributed by atoms with van der Waals surface area (Å²) in [5.41, 5.74) is 3.11. The van der Waals surface area contributed by atoms with Crippen molar-refractivity contribution in [3.8, 4) is 5.75 Å². The zero-order valence-corrected chi connectivity index (χ0v) is 14.6. The van der Waals surface area contributed by atoms with Crippen LogP contribution in [0.15, 0.2) is 48.5 Å². The molecule has 0 aliphatic rings. The van der Waals surface area contributed by atoms with Gasteiger partial charge in [0.1, 0.15) is 11.4 Å². The third-order valence-electron chi connectivity index (χ3n) is 3.97. The molecule has 1 amide bonds. The number of aryl methyl sites for hydroxylation is 1. The van der Waals surface area contributed by atoms with Crippen LogP contribution in [0.25, 0.3) is 21.1 Å². The molecule has 1 N–H and O–H groups in total. The lowest BCUT2D eigenvalue weighted by atomic mass is 10.2. The summed E-state index contributed by atoms with van der Waals surface area (Å²) in [7, 11) is 1.62. The number of fused-ring (bicyclic) bond motifs is 2. The Labute approximate surface area is 148 Å². The third-order valence-corrected chi connectivity index (χ3v) is 4.91. The maximum absolute atomic E-state index is 12.5. The van der Waals surface area contributed by atoms with Crippen LogP contribution in [0.1, 0.15) is 16.1 Å². The average Bonchev–Trinajstić information content (AvgIpc) is 3.04. The van der Waals surface area contributed by atoms with Crippen molar-refractivity contribution in [3.63, 3.8) is 0 Å². The van der Waals surface area contributed by atoms with Crippen LogP contribution in [0.4, 0.5) is 5.13 Å². The van der Waals surface area contributed by atoms with Crippen LogP contribution in [-0.2, 0) is 0 Å². The fraction of sp³-hybridized carbons (Fsp3) is 0.105. The number of nitrogens with one attached hydrogen (secondary N) is 1. The first-order valence-electron chi connectivity index (χ1n) is 7.76.